The van der Waals surface area contributed by atoms with Crippen molar-refractivity contribution in [2.75, 3.05) is 0 Å². The molecule has 0 heterocycles. The summed E-state index contributed by atoms with van der Waals surface area (Å²) in [5, 5.41) is 0. The molecule has 0 aromatic rings. The fraction of sp³-hybridized carbons (Fsp3) is 0.750. The van der Waals surface area contributed by atoms with Crippen LogP contribution in [0.2, 0.25) is 0 Å². The second-order valence-electron chi connectivity index (χ2n) is 2.73. The van der Waals surface area contributed by atoms with Gasteiger partial charge < -0.3 is 4.74 Å². The zero-order valence-corrected chi connectivity index (χ0v) is 7.43. The van der Waals surface area contributed by atoms with Crippen molar-refractivity contribution in [2.45, 2.75) is 39.7 Å². The highest BCUT2D eigenvalue weighted by Gasteiger charge is 2.30. The maximum Gasteiger partial charge on any atom is 0.303 e. The summed E-state index contributed by atoms with van der Waals surface area (Å²) >= 11 is 0. The Labute approximate surface area is 66.7 Å². The molecule has 0 rings (SSSR count). The molecule has 0 radical (unpaired) electrons. The zero-order chi connectivity index (χ0) is 9.07. The molecular formula is C8H14O3. The molecule has 0 aliphatic heterocycles. The number of Topliss-reactive ketones (excluding diaryl/α,β-unsaturated/α-hetero) is 1. The van der Waals surface area contributed by atoms with Gasteiger partial charge in [-0.25, -0.2) is 0 Å². The lowest BCUT2D eigenvalue weighted by Gasteiger charge is -2.24. The summed E-state index contributed by atoms with van der Waals surface area (Å²) in [5.74, 6) is -0.528. The molecule has 0 saturated heterocycles. The molecule has 0 aliphatic rings. The predicted octanol–water partition coefficient (Wildman–Crippen LogP) is 1.31. The molecule has 3 nitrogen and oxygen atoms in total. The second-order valence-corrected chi connectivity index (χ2v) is 2.73. The predicted molar refractivity (Wildman–Crippen MR) is 41.1 cm³/mol. The van der Waals surface area contributed by atoms with Gasteiger partial charge in [0, 0.05) is 6.92 Å². The van der Waals surface area contributed by atoms with Gasteiger partial charge in [0.2, 0.25) is 0 Å². The Morgan fingerprint density at radius 2 is 1.82 bits per heavy atom. The Hall–Kier alpha value is -0.860. The Balaban J connectivity index is 4.34. The topological polar surface area (TPSA) is 43.4 Å². The van der Waals surface area contributed by atoms with E-state index in [0.29, 0.717) is 6.42 Å². The summed E-state index contributed by atoms with van der Waals surface area (Å²) in [6.45, 7) is 6.16. The summed E-state index contributed by atoms with van der Waals surface area (Å²) in [6.07, 6.45) is 0.516. The third-order valence-corrected chi connectivity index (χ3v) is 1.79. The lowest BCUT2D eigenvalue weighted by atomic mass is 9.99. The van der Waals surface area contributed by atoms with Crippen molar-refractivity contribution < 1.29 is 14.3 Å². The van der Waals surface area contributed by atoms with Crippen LogP contribution in [0.15, 0.2) is 0 Å². The number of esters is 1. The van der Waals surface area contributed by atoms with Crippen molar-refractivity contribution in [3.8, 4) is 0 Å². The Bertz CT molecular complexity index is 174. The van der Waals surface area contributed by atoms with E-state index in [1.165, 1.54) is 13.8 Å². The molecule has 0 N–H and O–H groups in total. The first-order valence-corrected chi connectivity index (χ1v) is 3.63. The molecule has 0 fully saturated rings. The van der Waals surface area contributed by atoms with Crippen LogP contribution in [0.3, 0.4) is 0 Å². The number of carbonyl (C=O) groups is 2. The normalized spacial score (nSPS) is 15.3. The van der Waals surface area contributed by atoms with Gasteiger partial charge in [-0.3, -0.25) is 9.59 Å². The van der Waals surface area contributed by atoms with Crippen molar-refractivity contribution in [3.63, 3.8) is 0 Å². The van der Waals surface area contributed by atoms with E-state index in [4.69, 9.17) is 4.74 Å². The Kier molecular flexibility index (Phi) is 3.23. The largest absolute Gasteiger partial charge is 0.452 e. The lowest BCUT2D eigenvalue weighted by Crippen LogP contribution is -2.37. The monoisotopic (exact) mass is 158 g/mol. The van der Waals surface area contributed by atoms with Crippen molar-refractivity contribution >= 4 is 11.8 Å². The average Bonchev–Trinajstić information content (AvgIpc) is 1.86. The average molecular weight is 158 g/mol. The van der Waals surface area contributed by atoms with Crippen molar-refractivity contribution in [2.24, 2.45) is 0 Å². The molecule has 0 saturated carbocycles. The molecule has 1 atom stereocenters. The van der Waals surface area contributed by atoms with E-state index < -0.39 is 11.6 Å². The molecule has 0 aromatic carbocycles. The third kappa shape index (κ3) is 2.70. The standard InChI is InChI=1S/C8H14O3/c1-5-8(4,6(2)9)11-7(3)10/h5H2,1-4H3. The maximum atomic E-state index is 11.0. The van der Waals surface area contributed by atoms with Gasteiger partial charge in [-0.2, -0.15) is 0 Å². The van der Waals surface area contributed by atoms with Crippen molar-refractivity contribution in [3.05, 3.63) is 0 Å². The minimum Gasteiger partial charge on any atom is -0.452 e. The van der Waals surface area contributed by atoms with Gasteiger partial charge in [0.15, 0.2) is 11.4 Å². The Morgan fingerprint density at radius 3 is 1.91 bits per heavy atom. The molecule has 11 heavy (non-hydrogen) atoms. The van der Waals surface area contributed by atoms with Gasteiger partial charge in [0.25, 0.3) is 0 Å². The summed E-state index contributed by atoms with van der Waals surface area (Å²) in [7, 11) is 0. The van der Waals surface area contributed by atoms with Crippen LogP contribution in [0.25, 0.3) is 0 Å². The van der Waals surface area contributed by atoms with E-state index in [2.05, 4.69) is 0 Å². The highest BCUT2D eigenvalue weighted by molar-refractivity contribution is 5.86. The number of carbonyl (C=O) groups excluding carboxylic acids is 2. The number of ketones is 1. The van der Waals surface area contributed by atoms with E-state index in [0.717, 1.165) is 0 Å². The van der Waals surface area contributed by atoms with Crippen LogP contribution < -0.4 is 0 Å². The molecule has 0 aliphatic carbocycles. The molecule has 0 bridgehead atoms. The minimum atomic E-state index is -0.925. The number of ether oxygens (including phenoxy) is 1. The Morgan fingerprint density at radius 1 is 1.36 bits per heavy atom. The molecular weight excluding hydrogens is 144 g/mol. The van der Waals surface area contributed by atoms with E-state index >= 15 is 0 Å². The van der Waals surface area contributed by atoms with Crippen LogP contribution in [0.1, 0.15) is 34.1 Å². The first kappa shape index (κ1) is 10.1. The molecule has 0 amide bonds. The number of hydrogen-bond acceptors (Lipinski definition) is 3. The lowest BCUT2D eigenvalue weighted by molar-refractivity contribution is -0.163. The van der Waals surface area contributed by atoms with Crippen LogP contribution >= 0.6 is 0 Å². The van der Waals surface area contributed by atoms with Crippen LogP contribution in [0.5, 0.6) is 0 Å². The van der Waals surface area contributed by atoms with Crippen LogP contribution in [0.4, 0.5) is 0 Å². The quantitative estimate of drug-likeness (QED) is 0.581. The zero-order valence-electron chi connectivity index (χ0n) is 7.43. The first-order valence-electron chi connectivity index (χ1n) is 3.63. The molecule has 0 aromatic heterocycles. The van der Waals surface area contributed by atoms with Crippen LogP contribution in [-0.2, 0) is 14.3 Å². The molecule has 0 spiro atoms. The number of hydrogen-bond donors (Lipinski definition) is 0. The molecule has 3 heteroatoms. The second kappa shape index (κ2) is 3.51. The van der Waals surface area contributed by atoms with Gasteiger partial charge in [-0.15, -0.1) is 0 Å². The summed E-state index contributed by atoms with van der Waals surface area (Å²) in [4.78, 5) is 21.5. The smallest absolute Gasteiger partial charge is 0.303 e. The fourth-order valence-corrected chi connectivity index (χ4v) is 0.710. The van der Waals surface area contributed by atoms with E-state index in [9.17, 15) is 9.59 Å². The molecule has 1 unspecified atom stereocenters. The summed E-state index contributed by atoms with van der Waals surface area (Å²) in [5.41, 5.74) is -0.925. The van der Waals surface area contributed by atoms with E-state index in [1.807, 2.05) is 6.92 Å². The van der Waals surface area contributed by atoms with Gasteiger partial charge in [0.1, 0.15) is 0 Å². The summed E-state index contributed by atoms with van der Waals surface area (Å²) in [6, 6.07) is 0. The highest BCUT2D eigenvalue weighted by Crippen LogP contribution is 2.16. The van der Waals surface area contributed by atoms with Crippen molar-refractivity contribution in [1.29, 1.82) is 0 Å². The highest BCUT2D eigenvalue weighted by atomic mass is 16.6. The van der Waals surface area contributed by atoms with E-state index in [1.54, 1.807) is 6.92 Å². The van der Waals surface area contributed by atoms with Crippen LogP contribution in [-0.4, -0.2) is 17.4 Å². The maximum absolute atomic E-state index is 11.0. The number of rotatable bonds is 3. The summed E-state index contributed by atoms with van der Waals surface area (Å²) < 4.78 is 4.86. The van der Waals surface area contributed by atoms with Gasteiger partial charge >= 0.3 is 5.97 Å². The van der Waals surface area contributed by atoms with Gasteiger partial charge in [0.05, 0.1) is 0 Å². The minimum absolute atomic E-state index is 0.116. The van der Waals surface area contributed by atoms with Gasteiger partial charge in [-0.05, 0) is 20.3 Å². The molecule has 64 valence electrons. The van der Waals surface area contributed by atoms with Gasteiger partial charge in [-0.1, -0.05) is 6.92 Å². The van der Waals surface area contributed by atoms with Crippen LogP contribution in [0, 0.1) is 0 Å². The SMILES string of the molecule is CCC(C)(OC(C)=O)C(C)=O. The van der Waals surface area contributed by atoms with Crippen molar-refractivity contribution in [1.82, 2.24) is 0 Å². The van der Waals surface area contributed by atoms with E-state index in [-0.39, 0.29) is 5.78 Å². The fourth-order valence-electron chi connectivity index (χ4n) is 0.710. The third-order valence-electron chi connectivity index (χ3n) is 1.79. The first-order chi connectivity index (χ1) is 4.92.